The van der Waals surface area contributed by atoms with Gasteiger partial charge in [-0.1, -0.05) is 0 Å². The number of pyridine rings is 1. The van der Waals surface area contributed by atoms with Gasteiger partial charge in [0.25, 0.3) is 0 Å². The summed E-state index contributed by atoms with van der Waals surface area (Å²) in [6, 6.07) is 9.58. The SMILES string of the molecule is CCOc1ccc(Nc2ccncc2N)cc1. The molecule has 1 heterocycles. The largest absolute Gasteiger partial charge is 0.494 e. The fourth-order valence-corrected chi connectivity index (χ4v) is 1.48. The summed E-state index contributed by atoms with van der Waals surface area (Å²) in [4.78, 5) is 3.94. The van der Waals surface area contributed by atoms with Gasteiger partial charge in [-0.2, -0.15) is 0 Å². The van der Waals surface area contributed by atoms with Crippen LogP contribution >= 0.6 is 0 Å². The zero-order chi connectivity index (χ0) is 12.1. The van der Waals surface area contributed by atoms with E-state index in [-0.39, 0.29) is 0 Å². The Hall–Kier alpha value is -2.23. The van der Waals surface area contributed by atoms with Crippen molar-refractivity contribution in [3.8, 4) is 5.75 Å². The first kappa shape index (κ1) is 11.3. The molecule has 0 spiro atoms. The van der Waals surface area contributed by atoms with Crippen LogP contribution in [0.2, 0.25) is 0 Å². The topological polar surface area (TPSA) is 60.2 Å². The molecule has 2 rings (SSSR count). The van der Waals surface area contributed by atoms with Crippen molar-refractivity contribution in [2.75, 3.05) is 17.7 Å². The highest BCUT2D eigenvalue weighted by molar-refractivity contribution is 5.71. The average Bonchev–Trinajstić information content (AvgIpc) is 2.35. The number of rotatable bonds is 4. The van der Waals surface area contributed by atoms with E-state index < -0.39 is 0 Å². The summed E-state index contributed by atoms with van der Waals surface area (Å²) in [6.07, 6.45) is 3.32. The molecule has 0 aliphatic carbocycles. The van der Waals surface area contributed by atoms with Gasteiger partial charge in [-0.05, 0) is 37.3 Å². The van der Waals surface area contributed by atoms with E-state index in [1.165, 1.54) is 0 Å². The van der Waals surface area contributed by atoms with E-state index in [0.717, 1.165) is 17.1 Å². The lowest BCUT2D eigenvalue weighted by Gasteiger charge is -2.09. The standard InChI is InChI=1S/C13H15N3O/c1-2-17-11-5-3-10(4-6-11)16-13-7-8-15-9-12(13)14/h3-9H,2,14H2,1H3,(H,15,16). The lowest BCUT2D eigenvalue weighted by atomic mass is 10.2. The fourth-order valence-electron chi connectivity index (χ4n) is 1.48. The second-order valence-electron chi connectivity index (χ2n) is 3.55. The van der Waals surface area contributed by atoms with Crippen LogP contribution in [-0.4, -0.2) is 11.6 Å². The number of benzene rings is 1. The van der Waals surface area contributed by atoms with Crippen LogP contribution in [0.5, 0.6) is 5.75 Å². The predicted octanol–water partition coefficient (Wildman–Crippen LogP) is 2.81. The van der Waals surface area contributed by atoms with Crippen molar-refractivity contribution in [3.05, 3.63) is 42.7 Å². The third kappa shape index (κ3) is 2.87. The van der Waals surface area contributed by atoms with E-state index in [1.54, 1.807) is 12.4 Å². The van der Waals surface area contributed by atoms with Crippen molar-refractivity contribution in [1.82, 2.24) is 4.98 Å². The number of hydrogen-bond donors (Lipinski definition) is 2. The molecule has 0 saturated carbocycles. The van der Waals surface area contributed by atoms with Crippen molar-refractivity contribution >= 4 is 17.1 Å². The second-order valence-corrected chi connectivity index (χ2v) is 3.55. The Morgan fingerprint density at radius 2 is 2.00 bits per heavy atom. The molecule has 0 unspecified atom stereocenters. The molecule has 2 aromatic rings. The molecular weight excluding hydrogens is 214 g/mol. The lowest BCUT2D eigenvalue weighted by Crippen LogP contribution is -1.97. The minimum Gasteiger partial charge on any atom is -0.494 e. The van der Waals surface area contributed by atoms with Gasteiger partial charge in [0.1, 0.15) is 5.75 Å². The van der Waals surface area contributed by atoms with Crippen LogP contribution in [0, 0.1) is 0 Å². The number of nitrogens with zero attached hydrogens (tertiary/aromatic N) is 1. The number of hydrogen-bond acceptors (Lipinski definition) is 4. The Labute approximate surface area is 100 Å². The summed E-state index contributed by atoms with van der Waals surface area (Å²) in [5.74, 6) is 0.862. The fraction of sp³-hybridized carbons (Fsp3) is 0.154. The molecule has 88 valence electrons. The normalized spacial score (nSPS) is 9.94. The monoisotopic (exact) mass is 229 g/mol. The van der Waals surface area contributed by atoms with Gasteiger partial charge in [0, 0.05) is 11.9 Å². The maximum absolute atomic E-state index is 5.80. The molecule has 0 radical (unpaired) electrons. The number of nitrogens with two attached hydrogens (primary N) is 1. The number of anilines is 3. The number of ether oxygens (including phenoxy) is 1. The van der Waals surface area contributed by atoms with E-state index in [9.17, 15) is 0 Å². The Kier molecular flexibility index (Phi) is 3.45. The van der Waals surface area contributed by atoms with Crippen LogP contribution < -0.4 is 15.8 Å². The first-order chi connectivity index (χ1) is 8.29. The van der Waals surface area contributed by atoms with Crippen LogP contribution in [0.4, 0.5) is 17.1 Å². The Balaban J connectivity index is 2.11. The average molecular weight is 229 g/mol. The van der Waals surface area contributed by atoms with E-state index in [1.807, 2.05) is 37.3 Å². The van der Waals surface area contributed by atoms with Crippen molar-refractivity contribution in [2.45, 2.75) is 6.92 Å². The summed E-state index contributed by atoms with van der Waals surface area (Å²) in [5, 5.41) is 3.22. The molecule has 0 aliphatic heterocycles. The van der Waals surface area contributed by atoms with Gasteiger partial charge in [0.2, 0.25) is 0 Å². The molecular formula is C13H15N3O. The minimum absolute atomic E-state index is 0.626. The van der Waals surface area contributed by atoms with Crippen molar-refractivity contribution in [2.24, 2.45) is 0 Å². The Morgan fingerprint density at radius 3 is 2.65 bits per heavy atom. The zero-order valence-electron chi connectivity index (χ0n) is 9.68. The van der Waals surface area contributed by atoms with Crippen molar-refractivity contribution in [3.63, 3.8) is 0 Å². The maximum Gasteiger partial charge on any atom is 0.119 e. The zero-order valence-corrected chi connectivity index (χ0v) is 9.68. The quantitative estimate of drug-likeness (QED) is 0.846. The van der Waals surface area contributed by atoms with Gasteiger partial charge in [0.05, 0.1) is 24.2 Å². The lowest BCUT2D eigenvalue weighted by molar-refractivity contribution is 0.340. The number of aromatic nitrogens is 1. The molecule has 1 aromatic heterocycles. The summed E-state index contributed by atoms with van der Waals surface area (Å²) in [7, 11) is 0. The minimum atomic E-state index is 0.626. The third-order valence-corrected chi connectivity index (χ3v) is 2.30. The van der Waals surface area contributed by atoms with Gasteiger partial charge in [-0.3, -0.25) is 4.98 Å². The Morgan fingerprint density at radius 1 is 1.24 bits per heavy atom. The van der Waals surface area contributed by atoms with E-state index in [0.29, 0.717) is 12.3 Å². The molecule has 4 heteroatoms. The second kappa shape index (κ2) is 5.21. The van der Waals surface area contributed by atoms with Crippen LogP contribution in [0.15, 0.2) is 42.7 Å². The molecule has 0 atom stereocenters. The van der Waals surface area contributed by atoms with Crippen LogP contribution in [0.25, 0.3) is 0 Å². The molecule has 0 saturated heterocycles. The van der Waals surface area contributed by atoms with Gasteiger partial charge >= 0.3 is 0 Å². The van der Waals surface area contributed by atoms with Crippen LogP contribution in [0.3, 0.4) is 0 Å². The maximum atomic E-state index is 5.80. The van der Waals surface area contributed by atoms with E-state index in [4.69, 9.17) is 10.5 Å². The third-order valence-electron chi connectivity index (χ3n) is 2.30. The summed E-state index contributed by atoms with van der Waals surface area (Å²) < 4.78 is 5.37. The molecule has 1 aromatic carbocycles. The summed E-state index contributed by atoms with van der Waals surface area (Å²) in [6.45, 7) is 2.63. The van der Waals surface area contributed by atoms with Gasteiger partial charge < -0.3 is 15.8 Å². The Bertz CT molecular complexity index is 482. The molecule has 0 bridgehead atoms. The molecule has 0 fully saturated rings. The predicted molar refractivity (Wildman–Crippen MR) is 69.5 cm³/mol. The highest BCUT2D eigenvalue weighted by Crippen LogP contribution is 2.23. The molecule has 4 nitrogen and oxygen atoms in total. The van der Waals surface area contributed by atoms with Crippen molar-refractivity contribution in [1.29, 1.82) is 0 Å². The summed E-state index contributed by atoms with van der Waals surface area (Å²) in [5.41, 5.74) is 8.24. The highest BCUT2D eigenvalue weighted by Gasteiger charge is 1.99. The molecule has 3 N–H and O–H groups in total. The van der Waals surface area contributed by atoms with Gasteiger partial charge in [-0.15, -0.1) is 0 Å². The number of nitrogen functional groups attached to an aromatic ring is 1. The summed E-state index contributed by atoms with van der Waals surface area (Å²) >= 11 is 0. The molecule has 0 amide bonds. The van der Waals surface area contributed by atoms with Crippen LogP contribution in [-0.2, 0) is 0 Å². The smallest absolute Gasteiger partial charge is 0.119 e. The van der Waals surface area contributed by atoms with E-state index in [2.05, 4.69) is 10.3 Å². The first-order valence-corrected chi connectivity index (χ1v) is 5.49. The highest BCUT2D eigenvalue weighted by atomic mass is 16.5. The van der Waals surface area contributed by atoms with Crippen LogP contribution in [0.1, 0.15) is 6.92 Å². The first-order valence-electron chi connectivity index (χ1n) is 5.49. The van der Waals surface area contributed by atoms with Gasteiger partial charge in [-0.25, -0.2) is 0 Å². The van der Waals surface area contributed by atoms with Crippen molar-refractivity contribution < 1.29 is 4.74 Å². The molecule has 17 heavy (non-hydrogen) atoms. The molecule has 0 aliphatic rings. The van der Waals surface area contributed by atoms with E-state index >= 15 is 0 Å². The van der Waals surface area contributed by atoms with Gasteiger partial charge in [0.15, 0.2) is 0 Å². The number of nitrogens with one attached hydrogen (secondary N) is 1.